The zero-order valence-corrected chi connectivity index (χ0v) is 51.3. The summed E-state index contributed by atoms with van der Waals surface area (Å²) in [7, 11) is 1.12. The van der Waals surface area contributed by atoms with Crippen molar-refractivity contribution in [3.63, 3.8) is 0 Å². The van der Waals surface area contributed by atoms with E-state index in [-0.39, 0.29) is 31.3 Å². The van der Waals surface area contributed by atoms with Crippen LogP contribution in [0.15, 0.2) is 109 Å². The molecule has 1 N–H and O–H groups in total. The fourth-order valence-corrected chi connectivity index (χ4v) is 9.12. The number of phosphoric ester groups is 1. The van der Waals surface area contributed by atoms with Crippen molar-refractivity contribution in [2.24, 2.45) is 0 Å². The van der Waals surface area contributed by atoms with Gasteiger partial charge in [0.05, 0.1) is 33.8 Å². The summed E-state index contributed by atoms with van der Waals surface area (Å²) in [6.45, 7) is 6.64. The zero-order chi connectivity index (χ0) is 56.4. The minimum absolute atomic E-state index is 0.0416. The zero-order valence-electron chi connectivity index (χ0n) is 50.4. The van der Waals surface area contributed by atoms with E-state index in [0.29, 0.717) is 23.9 Å². The van der Waals surface area contributed by atoms with Crippen LogP contribution < -0.4 is 10.2 Å². The van der Waals surface area contributed by atoms with Crippen molar-refractivity contribution in [2.45, 2.75) is 264 Å². The number of nitrogens with one attached hydrogen (secondary N) is 1. The highest BCUT2D eigenvalue weighted by molar-refractivity contribution is 7.45. The van der Waals surface area contributed by atoms with Gasteiger partial charge in [-0.3, -0.25) is 14.2 Å². The van der Waals surface area contributed by atoms with Crippen LogP contribution in [0, 0.1) is 0 Å². The molecule has 0 aliphatic heterocycles. The molecule has 0 bridgehead atoms. The minimum atomic E-state index is -4.73. The first-order valence-corrected chi connectivity index (χ1v) is 32.7. The monoisotopic (exact) mass is 1090 g/mol. The van der Waals surface area contributed by atoms with Crippen LogP contribution in [0.5, 0.6) is 0 Å². The van der Waals surface area contributed by atoms with E-state index in [0.717, 1.165) is 89.9 Å². The van der Waals surface area contributed by atoms with E-state index in [1.54, 1.807) is 0 Å². The van der Waals surface area contributed by atoms with Gasteiger partial charge >= 0.3 is 5.97 Å². The van der Waals surface area contributed by atoms with E-state index >= 15 is 0 Å². The van der Waals surface area contributed by atoms with Gasteiger partial charge in [0.25, 0.3) is 7.82 Å². The molecule has 0 rings (SSSR count). The quantitative estimate of drug-likeness (QED) is 0.0212. The van der Waals surface area contributed by atoms with Gasteiger partial charge in [0.2, 0.25) is 5.91 Å². The molecule has 10 heteroatoms. The second-order valence-corrected chi connectivity index (χ2v) is 23.2. The number of rotatable bonds is 55. The number of amides is 1. The van der Waals surface area contributed by atoms with Crippen molar-refractivity contribution < 1.29 is 37.3 Å². The SMILES string of the molecule is CC/C=C\C/C=C\C/C=C\C/C=C\C/C=C\C/C=C\CCC(=O)NC(COP(=O)([O-])OCC[N+](C)(C)C)C(/C=C/CCCCCCCCCCCCC)OC(=O)CCCCCCCCCCC/C=C\C/C=C\CCCCC. The predicted octanol–water partition coefficient (Wildman–Crippen LogP) is 18.7. The molecule has 0 aromatic carbocycles. The van der Waals surface area contributed by atoms with Crippen molar-refractivity contribution in [3.05, 3.63) is 109 Å². The average Bonchev–Trinajstić information content (AvgIpc) is 3.39. The van der Waals surface area contributed by atoms with Crippen molar-refractivity contribution >= 4 is 19.7 Å². The van der Waals surface area contributed by atoms with E-state index < -0.39 is 26.6 Å². The molecule has 0 saturated carbocycles. The Bertz CT molecular complexity index is 1690. The first kappa shape index (κ1) is 73.7. The molecule has 0 radical (unpaired) electrons. The summed E-state index contributed by atoms with van der Waals surface area (Å²) in [5.41, 5.74) is 0. The van der Waals surface area contributed by atoms with Crippen LogP contribution in [0.3, 0.4) is 0 Å². The van der Waals surface area contributed by atoms with Crippen molar-refractivity contribution in [3.8, 4) is 0 Å². The van der Waals surface area contributed by atoms with E-state index in [1.807, 2.05) is 45.4 Å². The van der Waals surface area contributed by atoms with Crippen LogP contribution in [0.25, 0.3) is 0 Å². The normalized spacial score (nSPS) is 14.4. The van der Waals surface area contributed by atoms with Gasteiger partial charge in [-0.25, -0.2) is 0 Å². The maximum absolute atomic E-state index is 13.5. The minimum Gasteiger partial charge on any atom is -0.756 e. The van der Waals surface area contributed by atoms with Gasteiger partial charge in [-0.15, -0.1) is 0 Å². The lowest BCUT2D eigenvalue weighted by Crippen LogP contribution is -2.47. The largest absolute Gasteiger partial charge is 0.756 e. The third-order valence-electron chi connectivity index (χ3n) is 13.2. The molecule has 1 amide bonds. The number of carbonyl (C=O) groups is 2. The van der Waals surface area contributed by atoms with Gasteiger partial charge in [-0.2, -0.15) is 0 Å². The Kier molecular flexibility index (Phi) is 53.5. The molecular formula is C67H117N2O7P. The summed E-state index contributed by atoms with van der Waals surface area (Å²) in [6.07, 6.45) is 76.4. The third-order valence-corrected chi connectivity index (χ3v) is 14.2. The van der Waals surface area contributed by atoms with Crippen molar-refractivity contribution in [1.29, 1.82) is 0 Å². The Morgan fingerprint density at radius 2 is 0.844 bits per heavy atom. The second-order valence-electron chi connectivity index (χ2n) is 21.8. The van der Waals surface area contributed by atoms with Crippen LogP contribution >= 0.6 is 7.82 Å². The number of phosphoric acid groups is 1. The Balaban J connectivity index is 5.41. The van der Waals surface area contributed by atoms with Crippen LogP contribution in [0.2, 0.25) is 0 Å². The molecule has 0 aromatic rings. The third kappa shape index (κ3) is 57.2. The number of esters is 1. The van der Waals surface area contributed by atoms with Gasteiger partial charge < -0.3 is 28.5 Å². The van der Waals surface area contributed by atoms with Crippen molar-refractivity contribution in [2.75, 3.05) is 40.9 Å². The van der Waals surface area contributed by atoms with Crippen LogP contribution in [0.4, 0.5) is 0 Å². The Morgan fingerprint density at radius 1 is 0.468 bits per heavy atom. The number of likely N-dealkylation sites (N-methyl/N-ethyl adjacent to an activating group) is 1. The van der Waals surface area contributed by atoms with Gasteiger partial charge in [-0.05, 0) is 102 Å². The number of allylic oxidation sites excluding steroid dienone is 17. The Hall–Kier alpha value is -3.33. The summed E-state index contributed by atoms with van der Waals surface area (Å²) >= 11 is 0. The standard InChI is InChI=1S/C67H117N2O7P/c1-7-10-13-16-19-22-25-28-30-32-34-36-38-41-44-47-50-53-56-59-66(70)68-64(63-75-77(72,73)74-62-61-69(4,5)6)65(58-55-52-49-46-43-40-27-24-21-18-15-12-9-3)76-67(71)60-57-54-51-48-45-42-39-37-35-33-31-29-26-23-20-17-14-11-8-2/h10,13,19-20,22-23,28-31,34,36,41,44,50,53,55,58,64-65H,7-9,11-12,14-18,21,24-27,32-33,35,37-40,42-43,45-49,51-52,54,56-57,59-63H2,1-6H3,(H-,68,70,72,73)/b13-10-,22-19-,23-20-,30-28-,31-29-,36-34-,44-41-,53-50-,58-55+. The van der Waals surface area contributed by atoms with E-state index in [2.05, 4.69) is 111 Å². The lowest BCUT2D eigenvalue weighted by molar-refractivity contribution is -0.870. The lowest BCUT2D eigenvalue weighted by atomic mass is 10.0. The summed E-state index contributed by atoms with van der Waals surface area (Å²) in [5, 5.41) is 2.98. The number of carbonyl (C=O) groups excluding carboxylic acids is 2. The lowest BCUT2D eigenvalue weighted by Gasteiger charge is -2.30. The maximum atomic E-state index is 13.5. The molecule has 3 unspecified atom stereocenters. The summed E-state index contributed by atoms with van der Waals surface area (Å²) in [4.78, 5) is 40.0. The molecule has 3 atom stereocenters. The molecule has 0 aliphatic carbocycles. The molecular weight excluding hydrogens is 976 g/mol. The maximum Gasteiger partial charge on any atom is 0.306 e. The number of hydrogen-bond donors (Lipinski definition) is 1. The number of quaternary nitrogens is 1. The Labute approximate surface area is 474 Å². The van der Waals surface area contributed by atoms with Gasteiger partial charge in [0, 0.05) is 12.8 Å². The predicted molar refractivity (Wildman–Crippen MR) is 330 cm³/mol. The molecule has 0 spiro atoms. The fraction of sp³-hybridized carbons (Fsp3) is 0.701. The van der Waals surface area contributed by atoms with Crippen LogP contribution in [-0.4, -0.2) is 69.4 Å². The first-order chi connectivity index (χ1) is 37.4. The van der Waals surface area contributed by atoms with Gasteiger partial charge in [0.15, 0.2) is 0 Å². The highest BCUT2D eigenvalue weighted by Gasteiger charge is 2.27. The van der Waals surface area contributed by atoms with Gasteiger partial charge in [0.1, 0.15) is 19.3 Å². The molecule has 0 heterocycles. The molecule has 442 valence electrons. The Morgan fingerprint density at radius 3 is 1.30 bits per heavy atom. The fourth-order valence-electron chi connectivity index (χ4n) is 8.40. The second kappa shape index (κ2) is 56.0. The summed E-state index contributed by atoms with van der Waals surface area (Å²) < 4.78 is 30.3. The van der Waals surface area contributed by atoms with E-state index in [9.17, 15) is 19.0 Å². The highest BCUT2D eigenvalue weighted by atomic mass is 31.2. The van der Waals surface area contributed by atoms with Crippen LogP contribution in [0.1, 0.15) is 252 Å². The number of hydrogen-bond acceptors (Lipinski definition) is 7. The molecule has 9 nitrogen and oxygen atoms in total. The van der Waals surface area contributed by atoms with Crippen LogP contribution in [-0.2, 0) is 27.9 Å². The smallest absolute Gasteiger partial charge is 0.306 e. The highest BCUT2D eigenvalue weighted by Crippen LogP contribution is 2.38. The van der Waals surface area contributed by atoms with E-state index in [4.69, 9.17) is 13.8 Å². The number of unbranched alkanes of at least 4 members (excludes halogenated alkanes) is 23. The molecule has 77 heavy (non-hydrogen) atoms. The summed E-state index contributed by atoms with van der Waals surface area (Å²) in [6, 6.07) is -0.937. The number of ether oxygens (including phenoxy) is 1. The molecule has 0 aromatic heterocycles. The van der Waals surface area contributed by atoms with E-state index in [1.165, 1.54) is 116 Å². The number of nitrogens with zero attached hydrogens (tertiary/aromatic N) is 1. The van der Waals surface area contributed by atoms with Crippen molar-refractivity contribution in [1.82, 2.24) is 5.32 Å². The average molecular weight is 1090 g/mol. The molecule has 0 aliphatic rings. The molecule has 0 fully saturated rings. The summed E-state index contributed by atoms with van der Waals surface area (Å²) in [5.74, 6) is -0.647. The van der Waals surface area contributed by atoms with Gasteiger partial charge in [-0.1, -0.05) is 246 Å². The molecule has 0 saturated heterocycles. The topological polar surface area (TPSA) is 114 Å². The first-order valence-electron chi connectivity index (χ1n) is 31.2.